The number of amides is 1. The number of hydrogen-bond acceptors (Lipinski definition) is 4. The van der Waals surface area contributed by atoms with Gasteiger partial charge >= 0.3 is 12.1 Å². The molecule has 0 saturated heterocycles. The average Bonchev–Trinajstić information content (AvgIpc) is 2.45. The largest absolute Gasteiger partial charge is 0.462 e. The van der Waals surface area contributed by atoms with Crippen molar-refractivity contribution in [1.82, 2.24) is 5.32 Å². The summed E-state index contributed by atoms with van der Waals surface area (Å²) >= 11 is 0. The van der Waals surface area contributed by atoms with Crippen molar-refractivity contribution in [2.24, 2.45) is 0 Å². The van der Waals surface area contributed by atoms with Crippen LogP contribution in [0.25, 0.3) is 6.08 Å². The van der Waals surface area contributed by atoms with Crippen molar-refractivity contribution in [3.8, 4) is 0 Å². The lowest BCUT2D eigenvalue weighted by Crippen LogP contribution is -2.32. The van der Waals surface area contributed by atoms with Crippen LogP contribution in [0.2, 0.25) is 0 Å². The first-order chi connectivity index (χ1) is 11.2. The van der Waals surface area contributed by atoms with Gasteiger partial charge in [0, 0.05) is 6.54 Å². The number of carbonyl (C=O) groups excluding carboxylic acids is 2. The van der Waals surface area contributed by atoms with Crippen LogP contribution in [0.5, 0.6) is 0 Å². The standard InChI is InChI=1S/C18H24FNO4/c1-5-23-16(21)15-10-9-14(19)12-13(15)8-6-7-11-20-17(22)24-18(2,3)4/h6,8-10,12H,5,7,11H2,1-4H3,(H,20,22). The summed E-state index contributed by atoms with van der Waals surface area (Å²) in [7, 11) is 0. The zero-order valence-corrected chi connectivity index (χ0v) is 14.5. The Labute approximate surface area is 141 Å². The monoisotopic (exact) mass is 337 g/mol. The van der Waals surface area contributed by atoms with E-state index >= 15 is 0 Å². The SMILES string of the molecule is CCOC(=O)c1ccc(F)cc1C=CCCNC(=O)OC(C)(C)C. The Kier molecular flexibility index (Phi) is 7.42. The molecule has 1 aromatic carbocycles. The maximum absolute atomic E-state index is 13.4. The highest BCUT2D eigenvalue weighted by molar-refractivity contribution is 5.93. The molecule has 0 aromatic heterocycles. The van der Waals surface area contributed by atoms with Crippen LogP contribution in [0.3, 0.4) is 0 Å². The first-order valence-electron chi connectivity index (χ1n) is 7.83. The topological polar surface area (TPSA) is 64.6 Å². The van der Waals surface area contributed by atoms with E-state index in [1.54, 1.807) is 39.8 Å². The Morgan fingerprint density at radius 2 is 2.00 bits per heavy atom. The Hall–Kier alpha value is -2.37. The second kappa shape index (κ2) is 9.05. The van der Waals surface area contributed by atoms with Crippen LogP contribution >= 0.6 is 0 Å². The van der Waals surface area contributed by atoms with Crippen LogP contribution < -0.4 is 5.32 Å². The summed E-state index contributed by atoms with van der Waals surface area (Å²) in [6, 6.07) is 3.88. The number of rotatable bonds is 6. The van der Waals surface area contributed by atoms with Crippen molar-refractivity contribution in [3.63, 3.8) is 0 Å². The van der Waals surface area contributed by atoms with E-state index in [2.05, 4.69) is 5.32 Å². The van der Waals surface area contributed by atoms with E-state index in [0.717, 1.165) is 0 Å². The van der Waals surface area contributed by atoms with Crippen molar-refractivity contribution in [2.75, 3.05) is 13.2 Å². The Bertz CT molecular complexity index is 606. The van der Waals surface area contributed by atoms with Gasteiger partial charge in [-0.05, 0) is 57.9 Å². The molecule has 0 radical (unpaired) electrons. The molecule has 0 aliphatic rings. The average molecular weight is 337 g/mol. The van der Waals surface area contributed by atoms with Crippen LogP contribution in [0.4, 0.5) is 9.18 Å². The molecule has 132 valence electrons. The highest BCUT2D eigenvalue weighted by atomic mass is 19.1. The molecule has 0 atom stereocenters. The summed E-state index contributed by atoms with van der Waals surface area (Å²) in [6.45, 7) is 7.68. The van der Waals surface area contributed by atoms with Crippen molar-refractivity contribution in [3.05, 3.63) is 41.2 Å². The van der Waals surface area contributed by atoms with E-state index in [1.165, 1.54) is 18.2 Å². The summed E-state index contributed by atoms with van der Waals surface area (Å²) in [5.41, 5.74) is 0.191. The Morgan fingerprint density at radius 1 is 1.29 bits per heavy atom. The summed E-state index contributed by atoms with van der Waals surface area (Å²) in [5, 5.41) is 2.62. The van der Waals surface area contributed by atoms with Crippen LogP contribution in [0.1, 0.15) is 50.0 Å². The van der Waals surface area contributed by atoms with Crippen LogP contribution in [-0.4, -0.2) is 30.8 Å². The number of alkyl carbamates (subject to hydrolysis) is 1. The molecule has 6 heteroatoms. The number of hydrogen-bond donors (Lipinski definition) is 1. The zero-order valence-electron chi connectivity index (χ0n) is 14.5. The van der Waals surface area contributed by atoms with E-state index < -0.39 is 23.5 Å². The first kappa shape index (κ1) is 19.7. The number of esters is 1. The van der Waals surface area contributed by atoms with Gasteiger partial charge in [-0.25, -0.2) is 14.0 Å². The van der Waals surface area contributed by atoms with Gasteiger partial charge in [-0.2, -0.15) is 0 Å². The molecule has 1 N–H and O–H groups in total. The van der Waals surface area contributed by atoms with Gasteiger partial charge in [-0.3, -0.25) is 0 Å². The second-order valence-corrected chi connectivity index (χ2v) is 6.07. The predicted molar refractivity (Wildman–Crippen MR) is 90.2 cm³/mol. The minimum Gasteiger partial charge on any atom is -0.462 e. The van der Waals surface area contributed by atoms with Crippen LogP contribution in [-0.2, 0) is 9.47 Å². The minimum absolute atomic E-state index is 0.249. The normalized spacial score (nSPS) is 11.4. The highest BCUT2D eigenvalue weighted by Crippen LogP contribution is 2.15. The van der Waals surface area contributed by atoms with E-state index in [9.17, 15) is 14.0 Å². The van der Waals surface area contributed by atoms with Crippen molar-refractivity contribution in [1.29, 1.82) is 0 Å². The van der Waals surface area contributed by atoms with Crippen molar-refractivity contribution >= 4 is 18.1 Å². The van der Waals surface area contributed by atoms with Gasteiger partial charge in [0.05, 0.1) is 12.2 Å². The predicted octanol–water partition coefficient (Wildman–Crippen LogP) is 3.93. The number of benzene rings is 1. The summed E-state index contributed by atoms with van der Waals surface area (Å²) in [5.74, 6) is -0.932. The molecule has 0 heterocycles. The maximum atomic E-state index is 13.4. The molecule has 0 saturated carbocycles. The van der Waals surface area contributed by atoms with E-state index in [0.29, 0.717) is 24.1 Å². The third-order valence-electron chi connectivity index (χ3n) is 2.79. The maximum Gasteiger partial charge on any atom is 0.407 e. The number of nitrogens with one attached hydrogen (secondary N) is 1. The Balaban J connectivity index is 2.59. The molecular formula is C18H24FNO4. The molecule has 1 aromatic rings. The van der Waals surface area contributed by atoms with E-state index in [4.69, 9.17) is 9.47 Å². The lowest BCUT2D eigenvalue weighted by Gasteiger charge is -2.19. The molecule has 1 amide bonds. The van der Waals surface area contributed by atoms with Crippen molar-refractivity contribution < 1.29 is 23.5 Å². The number of carbonyl (C=O) groups is 2. The van der Waals surface area contributed by atoms with Crippen LogP contribution in [0, 0.1) is 5.82 Å². The first-order valence-corrected chi connectivity index (χ1v) is 7.83. The van der Waals surface area contributed by atoms with Gasteiger partial charge in [0.2, 0.25) is 0 Å². The van der Waals surface area contributed by atoms with Gasteiger partial charge < -0.3 is 14.8 Å². The smallest absolute Gasteiger partial charge is 0.407 e. The number of halogens is 1. The van der Waals surface area contributed by atoms with E-state index in [-0.39, 0.29) is 6.61 Å². The van der Waals surface area contributed by atoms with Gasteiger partial charge in [0.25, 0.3) is 0 Å². The molecule has 1 rings (SSSR count). The molecule has 5 nitrogen and oxygen atoms in total. The fourth-order valence-corrected chi connectivity index (χ4v) is 1.85. The highest BCUT2D eigenvalue weighted by Gasteiger charge is 2.15. The lowest BCUT2D eigenvalue weighted by molar-refractivity contribution is 0.0517. The molecule has 24 heavy (non-hydrogen) atoms. The number of ether oxygens (including phenoxy) is 2. The fraction of sp³-hybridized carbons (Fsp3) is 0.444. The van der Waals surface area contributed by atoms with Gasteiger partial charge in [-0.15, -0.1) is 0 Å². The molecule has 0 spiro atoms. The van der Waals surface area contributed by atoms with Crippen LogP contribution in [0.15, 0.2) is 24.3 Å². The Morgan fingerprint density at radius 3 is 2.62 bits per heavy atom. The minimum atomic E-state index is -0.546. The van der Waals surface area contributed by atoms with Gasteiger partial charge in [0.15, 0.2) is 0 Å². The second-order valence-electron chi connectivity index (χ2n) is 6.07. The molecule has 0 aliphatic heterocycles. The lowest BCUT2D eigenvalue weighted by atomic mass is 10.1. The van der Waals surface area contributed by atoms with Gasteiger partial charge in [-0.1, -0.05) is 12.2 Å². The van der Waals surface area contributed by atoms with E-state index in [1.807, 2.05) is 0 Å². The molecule has 0 aliphatic carbocycles. The summed E-state index contributed by atoms with van der Waals surface area (Å²) in [6.07, 6.45) is 3.40. The zero-order chi connectivity index (χ0) is 18.2. The summed E-state index contributed by atoms with van der Waals surface area (Å²) < 4.78 is 23.4. The summed E-state index contributed by atoms with van der Waals surface area (Å²) in [4.78, 5) is 23.3. The third kappa shape index (κ3) is 7.26. The molecule has 0 unspecified atom stereocenters. The molecule has 0 bridgehead atoms. The fourth-order valence-electron chi connectivity index (χ4n) is 1.85. The quantitative estimate of drug-likeness (QED) is 0.631. The third-order valence-corrected chi connectivity index (χ3v) is 2.79. The molecule has 0 fully saturated rings. The van der Waals surface area contributed by atoms with Gasteiger partial charge in [0.1, 0.15) is 11.4 Å². The molecular weight excluding hydrogens is 313 g/mol. The van der Waals surface area contributed by atoms with Crippen molar-refractivity contribution in [2.45, 2.75) is 39.7 Å².